The number of carbonyl (C=O) groups excluding carboxylic acids is 2. The molecule has 0 saturated heterocycles. The van der Waals surface area contributed by atoms with Crippen LogP contribution in [0.15, 0.2) is 0 Å². The Morgan fingerprint density at radius 3 is 0.625 bits per heavy atom. The van der Waals surface area contributed by atoms with E-state index in [0.29, 0.717) is 38.9 Å². The minimum Gasteiger partial charge on any atom is -0.466 e. The number of esters is 2. The van der Waals surface area contributed by atoms with Crippen molar-refractivity contribution in [1.29, 1.82) is 0 Å². The van der Waals surface area contributed by atoms with Crippen molar-refractivity contribution in [1.82, 2.24) is 0 Å². The van der Waals surface area contributed by atoms with Gasteiger partial charge in [0.2, 0.25) is 0 Å². The Morgan fingerprint density at radius 1 is 0.281 bits per heavy atom. The summed E-state index contributed by atoms with van der Waals surface area (Å²) in [7, 11) is 1.68. The molecule has 0 bridgehead atoms. The molecule has 1 unspecified atom stereocenters. The third-order valence-electron chi connectivity index (χ3n) is 14.0. The van der Waals surface area contributed by atoms with Gasteiger partial charge in [-0.15, -0.1) is 0 Å². The number of hydrogen-bond donors (Lipinski definition) is 0. The summed E-state index contributed by atoms with van der Waals surface area (Å²) >= 11 is 0. The Balaban J connectivity index is 3.38. The molecule has 0 N–H and O–H groups in total. The van der Waals surface area contributed by atoms with Gasteiger partial charge in [-0.2, -0.15) is 0 Å². The molecular formula is C59H116O5. The van der Waals surface area contributed by atoms with Crippen LogP contribution in [-0.2, 0) is 23.8 Å². The van der Waals surface area contributed by atoms with Crippen LogP contribution in [0.1, 0.15) is 341 Å². The summed E-state index contributed by atoms with van der Waals surface area (Å²) in [5, 5.41) is 0. The Kier molecular flexibility index (Phi) is 55.3. The number of unbranched alkanes of at least 4 members (excludes halogenated alkanes) is 45. The highest BCUT2D eigenvalue weighted by Gasteiger charge is 2.12. The first-order valence-corrected chi connectivity index (χ1v) is 29.5. The molecule has 382 valence electrons. The second-order valence-electron chi connectivity index (χ2n) is 20.3. The molecule has 0 spiro atoms. The molecule has 0 aromatic rings. The lowest BCUT2D eigenvalue weighted by Gasteiger charge is -2.15. The molecule has 0 amide bonds. The Hall–Kier alpha value is -1.10. The molecule has 0 heterocycles. The van der Waals surface area contributed by atoms with E-state index in [1.54, 1.807) is 7.11 Å². The van der Waals surface area contributed by atoms with Crippen molar-refractivity contribution < 1.29 is 23.8 Å². The molecular weight excluding hydrogens is 789 g/mol. The molecule has 0 fully saturated rings. The van der Waals surface area contributed by atoms with Crippen LogP contribution in [0.4, 0.5) is 0 Å². The summed E-state index contributed by atoms with van der Waals surface area (Å²) in [5.41, 5.74) is 0. The zero-order valence-electron chi connectivity index (χ0n) is 44.1. The predicted molar refractivity (Wildman–Crippen MR) is 280 cm³/mol. The summed E-state index contributed by atoms with van der Waals surface area (Å²) in [6.45, 7) is 5.32. The first-order valence-electron chi connectivity index (χ1n) is 29.5. The van der Waals surface area contributed by atoms with Crippen molar-refractivity contribution in [3.05, 3.63) is 0 Å². The summed E-state index contributed by atoms with van der Waals surface area (Å²) in [5.74, 6) is -0.203. The van der Waals surface area contributed by atoms with Gasteiger partial charge in [-0.25, -0.2) is 0 Å². The van der Waals surface area contributed by atoms with Crippen LogP contribution < -0.4 is 0 Å². The van der Waals surface area contributed by atoms with E-state index in [0.717, 1.165) is 25.7 Å². The van der Waals surface area contributed by atoms with Gasteiger partial charge in [-0.1, -0.05) is 303 Å². The first kappa shape index (κ1) is 62.9. The summed E-state index contributed by atoms with van der Waals surface area (Å²) < 4.78 is 16.5. The fourth-order valence-corrected chi connectivity index (χ4v) is 9.42. The fourth-order valence-electron chi connectivity index (χ4n) is 9.42. The Morgan fingerprint density at radius 2 is 0.453 bits per heavy atom. The zero-order chi connectivity index (χ0) is 46.3. The lowest BCUT2D eigenvalue weighted by molar-refractivity contribution is -0.145. The van der Waals surface area contributed by atoms with Crippen LogP contribution in [0.5, 0.6) is 0 Å². The summed E-state index contributed by atoms with van der Waals surface area (Å²) in [6.07, 6.45) is 66.9. The summed E-state index contributed by atoms with van der Waals surface area (Å²) in [6, 6.07) is 0. The third-order valence-corrected chi connectivity index (χ3v) is 14.0. The highest BCUT2D eigenvalue weighted by molar-refractivity contribution is 5.69. The van der Waals surface area contributed by atoms with Crippen molar-refractivity contribution >= 4 is 11.9 Å². The van der Waals surface area contributed by atoms with E-state index in [2.05, 4.69) is 13.8 Å². The quantitative estimate of drug-likeness (QED) is 0.0449. The molecule has 0 saturated carbocycles. The van der Waals surface area contributed by atoms with E-state index in [-0.39, 0.29) is 18.0 Å². The van der Waals surface area contributed by atoms with Crippen molar-refractivity contribution in [2.24, 2.45) is 0 Å². The monoisotopic (exact) mass is 905 g/mol. The van der Waals surface area contributed by atoms with Gasteiger partial charge >= 0.3 is 11.9 Å². The van der Waals surface area contributed by atoms with Crippen LogP contribution >= 0.6 is 0 Å². The van der Waals surface area contributed by atoms with E-state index >= 15 is 0 Å². The largest absolute Gasteiger partial charge is 0.466 e. The topological polar surface area (TPSA) is 61.8 Å². The average molecular weight is 906 g/mol. The second kappa shape index (κ2) is 56.2. The van der Waals surface area contributed by atoms with E-state index in [4.69, 9.17) is 14.2 Å². The smallest absolute Gasteiger partial charge is 0.305 e. The van der Waals surface area contributed by atoms with Crippen LogP contribution in [0.3, 0.4) is 0 Å². The third kappa shape index (κ3) is 53.5. The molecule has 5 nitrogen and oxygen atoms in total. The van der Waals surface area contributed by atoms with Crippen molar-refractivity contribution in [2.45, 2.75) is 347 Å². The van der Waals surface area contributed by atoms with Gasteiger partial charge in [0.25, 0.3) is 0 Å². The lowest BCUT2D eigenvalue weighted by atomic mass is 10.0. The number of methoxy groups -OCH3 is 1. The fraction of sp³-hybridized carbons (Fsp3) is 0.966. The van der Waals surface area contributed by atoms with Crippen molar-refractivity contribution in [3.8, 4) is 0 Å². The van der Waals surface area contributed by atoms with Crippen LogP contribution in [0.2, 0.25) is 0 Å². The van der Waals surface area contributed by atoms with Gasteiger partial charge < -0.3 is 14.2 Å². The molecule has 0 radical (unpaired) electrons. The minimum atomic E-state index is -0.102. The van der Waals surface area contributed by atoms with E-state index < -0.39 is 0 Å². The normalized spacial score (nSPS) is 12.0. The Bertz CT molecular complexity index is 891. The van der Waals surface area contributed by atoms with E-state index in [1.165, 1.54) is 276 Å². The van der Waals surface area contributed by atoms with Crippen LogP contribution in [0.25, 0.3) is 0 Å². The van der Waals surface area contributed by atoms with Crippen LogP contribution in [0, 0.1) is 0 Å². The predicted octanol–water partition coefficient (Wildman–Crippen LogP) is 20.0. The van der Waals surface area contributed by atoms with Crippen LogP contribution in [-0.4, -0.2) is 38.4 Å². The number of rotatable bonds is 56. The SMILES string of the molecule is CCCCCCCCCCCCCCCCCCCCCCCCCCCC(=O)OCCC(CCOC(=O)CCCCCCCCCCCCCCCCCCCCCCCC)OC. The maximum absolute atomic E-state index is 12.2. The highest BCUT2D eigenvalue weighted by atomic mass is 16.5. The van der Waals surface area contributed by atoms with Crippen molar-refractivity contribution in [2.75, 3.05) is 20.3 Å². The molecule has 0 aromatic heterocycles. The molecule has 0 rings (SSSR count). The van der Waals surface area contributed by atoms with Crippen molar-refractivity contribution in [3.63, 3.8) is 0 Å². The van der Waals surface area contributed by atoms with Gasteiger partial charge in [0, 0.05) is 32.8 Å². The minimum absolute atomic E-state index is 0.0658. The maximum atomic E-state index is 12.2. The summed E-state index contributed by atoms with van der Waals surface area (Å²) in [4.78, 5) is 24.5. The molecule has 0 aliphatic heterocycles. The zero-order valence-corrected chi connectivity index (χ0v) is 44.1. The Labute approximate surface area is 402 Å². The maximum Gasteiger partial charge on any atom is 0.305 e. The van der Waals surface area contributed by atoms with Gasteiger partial charge in [-0.05, 0) is 12.8 Å². The van der Waals surface area contributed by atoms with E-state index in [1.807, 2.05) is 0 Å². The standard InChI is InChI=1S/C59H116O5/c1-4-6-8-10-12-14-16-18-20-22-24-26-28-29-30-32-34-36-38-40-42-44-46-48-50-52-59(61)64-56-54-57(62-3)53-55-63-58(60)51-49-47-45-43-41-39-37-35-33-31-27-25-23-21-19-17-15-13-11-9-7-5-2/h57H,4-56H2,1-3H3. The molecule has 5 heteroatoms. The number of carbonyl (C=O) groups is 2. The van der Waals surface area contributed by atoms with Gasteiger partial charge in [0.15, 0.2) is 0 Å². The highest BCUT2D eigenvalue weighted by Crippen LogP contribution is 2.18. The molecule has 1 atom stereocenters. The number of ether oxygens (including phenoxy) is 3. The molecule has 0 aliphatic carbocycles. The average Bonchev–Trinajstić information content (AvgIpc) is 3.30. The molecule has 64 heavy (non-hydrogen) atoms. The second-order valence-corrected chi connectivity index (χ2v) is 20.3. The first-order chi connectivity index (χ1) is 31.6. The van der Waals surface area contributed by atoms with Gasteiger partial charge in [0.05, 0.1) is 19.3 Å². The van der Waals surface area contributed by atoms with Gasteiger partial charge in [-0.3, -0.25) is 9.59 Å². The molecule has 0 aliphatic rings. The molecule has 0 aromatic carbocycles. The number of hydrogen-bond acceptors (Lipinski definition) is 5. The van der Waals surface area contributed by atoms with E-state index in [9.17, 15) is 9.59 Å². The lowest BCUT2D eigenvalue weighted by Crippen LogP contribution is -2.19. The van der Waals surface area contributed by atoms with Gasteiger partial charge in [0.1, 0.15) is 0 Å².